The molecule has 0 saturated carbocycles. The highest BCUT2D eigenvalue weighted by atomic mass is 35.5. The van der Waals surface area contributed by atoms with Gasteiger partial charge in [-0.15, -0.1) is 11.8 Å². The van der Waals surface area contributed by atoms with Gasteiger partial charge in [-0.25, -0.2) is 0 Å². The van der Waals surface area contributed by atoms with Crippen molar-refractivity contribution in [3.8, 4) is 0 Å². The Hall–Kier alpha value is -1.13. The van der Waals surface area contributed by atoms with Crippen LogP contribution in [-0.4, -0.2) is 23.1 Å². The summed E-state index contributed by atoms with van der Waals surface area (Å²) in [6, 6.07) is 12.8. The van der Waals surface area contributed by atoms with Gasteiger partial charge < -0.3 is 4.90 Å². The van der Waals surface area contributed by atoms with Crippen LogP contribution in [0, 0.1) is 0 Å². The molecule has 2 aromatic carbocycles. The normalized spacial score (nSPS) is 17.6. The summed E-state index contributed by atoms with van der Waals surface area (Å²) in [4.78, 5) is 14.4. The molecule has 1 aliphatic rings. The number of nitrogens with zero attached hydrogens (tertiary/aromatic N) is 1. The number of hydrogen-bond donors (Lipinski definition) is 0. The summed E-state index contributed by atoms with van der Waals surface area (Å²) in [6.07, 6.45) is 3.30. The van der Waals surface area contributed by atoms with E-state index in [1.54, 1.807) is 42.1 Å². The fraction of sp³-hybridized carbons (Fsp3) is 0.167. The molecule has 1 saturated heterocycles. The molecule has 1 aliphatic heterocycles. The standard InChI is InChI=1S/C18H14Cl3NOS/c19-13-6-7-14(16(21)11-13)18-22(9-10-24-18)17(23)8-5-12-3-1-2-4-15(12)20/h1-8,11,18H,9-10H2/b8-5+. The third kappa shape index (κ3) is 3.92. The third-order valence-electron chi connectivity index (χ3n) is 3.71. The first-order valence-electron chi connectivity index (χ1n) is 7.36. The fourth-order valence-corrected chi connectivity index (χ4v) is 4.60. The highest BCUT2D eigenvalue weighted by molar-refractivity contribution is 7.99. The molecule has 0 aromatic heterocycles. The molecule has 1 unspecified atom stereocenters. The van der Waals surface area contributed by atoms with Crippen LogP contribution in [0.25, 0.3) is 6.08 Å². The second-order valence-corrected chi connectivity index (χ2v) is 7.71. The molecule has 0 radical (unpaired) electrons. The largest absolute Gasteiger partial charge is 0.322 e. The number of carbonyl (C=O) groups excluding carboxylic acids is 1. The summed E-state index contributed by atoms with van der Waals surface area (Å²) in [5.41, 5.74) is 1.73. The van der Waals surface area contributed by atoms with Gasteiger partial charge in [0.05, 0.1) is 0 Å². The molecule has 2 nitrogen and oxygen atoms in total. The maximum atomic E-state index is 12.6. The average molecular weight is 399 g/mol. The molecule has 0 N–H and O–H groups in total. The molecule has 1 heterocycles. The Morgan fingerprint density at radius 1 is 1.12 bits per heavy atom. The second kappa shape index (κ2) is 7.83. The molecule has 0 spiro atoms. The van der Waals surface area contributed by atoms with Crippen molar-refractivity contribution in [3.05, 3.63) is 74.7 Å². The fourth-order valence-electron chi connectivity index (χ4n) is 2.52. The van der Waals surface area contributed by atoms with E-state index in [9.17, 15) is 4.79 Å². The van der Waals surface area contributed by atoms with Crippen molar-refractivity contribution in [2.45, 2.75) is 5.37 Å². The monoisotopic (exact) mass is 397 g/mol. The third-order valence-corrected chi connectivity index (χ3v) is 5.86. The van der Waals surface area contributed by atoms with E-state index in [2.05, 4.69) is 0 Å². The maximum absolute atomic E-state index is 12.6. The predicted octanol–water partition coefficient (Wildman–Crippen LogP) is 5.93. The van der Waals surface area contributed by atoms with Gasteiger partial charge in [-0.05, 0) is 29.8 Å². The first-order valence-corrected chi connectivity index (χ1v) is 9.54. The zero-order valence-corrected chi connectivity index (χ0v) is 15.7. The van der Waals surface area contributed by atoms with Crippen LogP contribution in [0.3, 0.4) is 0 Å². The minimum Gasteiger partial charge on any atom is -0.322 e. The molecular formula is C18H14Cl3NOS. The van der Waals surface area contributed by atoms with Crippen molar-refractivity contribution >= 4 is 58.5 Å². The van der Waals surface area contributed by atoms with Gasteiger partial charge in [-0.1, -0.05) is 59.1 Å². The molecule has 24 heavy (non-hydrogen) atoms. The van der Waals surface area contributed by atoms with E-state index in [1.165, 1.54) is 0 Å². The number of hydrogen-bond acceptors (Lipinski definition) is 2. The van der Waals surface area contributed by atoms with Crippen LogP contribution < -0.4 is 0 Å². The minimum absolute atomic E-state index is 0.0593. The lowest BCUT2D eigenvalue weighted by Crippen LogP contribution is -2.28. The Morgan fingerprint density at radius 2 is 1.92 bits per heavy atom. The summed E-state index contributed by atoms with van der Waals surface area (Å²) < 4.78 is 0. The van der Waals surface area contributed by atoms with Crippen LogP contribution in [-0.2, 0) is 4.79 Å². The van der Waals surface area contributed by atoms with Gasteiger partial charge in [-0.2, -0.15) is 0 Å². The number of rotatable bonds is 3. The molecule has 1 fully saturated rings. The first-order chi connectivity index (χ1) is 11.6. The molecule has 3 rings (SSSR count). The smallest absolute Gasteiger partial charge is 0.247 e. The maximum Gasteiger partial charge on any atom is 0.247 e. The van der Waals surface area contributed by atoms with E-state index in [-0.39, 0.29) is 11.3 Å². The van der Waals surface area contributed by atoms with E-state index in [0.717, 1.165) is 16.9 Å². The van der Waals surface area contributed by atoms with E-state index >= 15 is 0 Å². The number of carbonyl (C=O) groups is 1. The molecule has 6 heteroatoms. The van der Waals surface area contributed by atoms with E-state index in [4.69, 9.17) is 34.8 Å². The Balaban J connectivity index is 1.80. The van der Waals surface area contributed by atoms with Gasteiger partial charge >= 0.3 is 0 Å². The van der Waals surface area contributed by atoms with Crippen LogP contribution in [0.5, 0.6) is 0 Å². The van der Waals surface area contributed by atoms with Crippen molar-refractivity contribution in [1.82, 2.24) is 4.90 Å². The minimum atomic E-state index is -0.0989. The van der Waals surface area contributed by atoms with Crippen LogP contribution in [0.2, 0.25) is 15.1 Å². The quantitative estimate of drug-likeness (QED) is 0.597. The van der Waals surface area contributed by atoms with Crippen molar-refractivity contribution in [2.75, 3.05) is 12.3 Å². The van der Waals surface area contributed by atoms with Crippen molar-refractivity contribution in [1.29, 1.82) is 0 Å². The van der Waals surface area contributed by atoms with Gasteiger partial charge in [0.1, 0.15) is 5.37 Å². The zero-order valence-electron chi connectivity index (χ0n) is 12.6. The molecule has 124 valence electrons. The second-order valence-electron chi connectivity index (χ2n) is 5.28. The summed E-state index contributed by atoms with van der Waals surface area (Å²) in [5.74, 6) is 0.811. The Bertz CT molecular complexity index is 794. The Morgan fingerprint density at radius 3 is 2.67 bits per heavy atom. The molecule has 0 bridgehead atoms. The molecule has 1 atom stereocenters. The highest BCUT2D eigenvalue weighted by Crippen LogP contribution is 2.41. The Kier molecular flexibility index (Phi) is 5.77. The Labute approximate surface area is 160 Å². The molecular weight excluding hydrogens is 385 g/mol. The SMILES string of the molecule is O=C(/C=C/c1ccccc1Cl)N1CCSC1c1ccc(Cl)cc1Cl. The van der Waals surface area contributed by atoms with Crippen LogP contribution >= 0.6 is 46.6 Å². The van der Waals surface area contributed by atoms with E-state index in [1.807, 2.05) is 29.2 Å². The van der Waals surface area contributed by atoms with Crippen molar-refractivity contribution < 1.29 is 4.79 Å². The van der Waals surface area contributed by atoms with Crippen molar-refractivity contribution in [3.63, 3.8) is 0 Å². The zero-order chi connectivity index (χ0) is 17.1. The van der Waals surface area contributed by atoms with E-state index < -0.39 is 0 Å². The lowest BCUT2D eigenvalue weighted by molar-refractivity contribution is -0.126. The lowest BCUT2D eigenvalue weighted by Gasteiger charge is -2.23. The predicted molar refractivity (Wildman–Crippen MR) is 104 cm³/mol. The van der Waals surface area contributed by atoms with Gasteiger partial charge in [0, 0.05) is 39.0 Å². The van der Waals surface area contributed by atoms with Crippen LogP contribution in [0.15, 0.2) is 48.5 Å². The first kappa shape index (κ1) is 17.7. The average Bonchev–Trinajstić information content (AvgIpc) is 3.03. The molecule has 2 aromatic rings. The van der Waals surface area contributed by atoms with Gasteiger partial charge in [0.25, 0.3) is 0 Å². The molecule has 1 amide bonds. The van der Waals surface area contributed by atoms with Crippen LogP contribution in [0.4, 0.5) is 0 Å². The van der Waals surface area contributed by atoms with E-state index in [0.29, 0.717) is 21.6 Å². The number of amides is 1. The number of thioether (sulfide) groups is 1. The number of benzene rings is 2. The van der Waals surface area contributed by atoms with Gasteiger partial charge in [-0.3, -0.25) is 4.79 Å². The van der Waals surface area contributed by atoms with Gasteiger partial charge in [0.15, 0.2) is 0 Å². The van der Waals surface area contributed by atoms with Crippen LogP contribution in [0.1, 0.15) is 16.5 Å². The summed E-state index contributed by atoms with van der Waals surface area (Å²) in [5, 5.41) is 1.69. The summed E-state index contributed by atoms with van der Waals surface area (Å²) in [7, 11) is 0. The molecule has 0 aliphatic carbocycles. The number of halogens is 3. The lowest BCUT2D eigenvalue weighted by atomic mass is 10.2. The van der Waals surface area contributed by atoms with Gasteiger partial charge in [0.2, 0.25) is 5.91 Å². The van der Waals surface area contributed by atoms with Crippen molar-refractivity contribution in [2.24, 2.45) is 0 Å². The highest BCUT2D eigenvalue weighted by Gasteiger charge is 2.30. The summed E-state index contributed by atoms with van der Waals surface area (Å²) in [6.45, 7) is 0.681. The summed E-state index contributed by atoms with van der Waals surface area (Å²) >= 11 is 20.1. The topological polar surface area (TPSA) is 20.3 Å².